The SMILES string of the molecule is O=S([O-])[O-].O=S([O-])[O-].[Fe+2].[Zn+2]. The van der Waals surface area contributed by atoms with Crippen LogP contribution in [-0.4, -0.2) is 26.6 Å². The number of hydrogen-bond acceptors (Lipinski definition) is 6. The van der Waals surface area contributed by atoms with Gasteiger partial charge < -0.3 is 18.2 Å². The molecule has 0 aliphatic rings. The Bertz CT molecular complexity index is 73.7. The zero-order chi connectivity index (χ0) is 7.15. The molecule has 10 heteroatoms. The summed E-state index contributed by atoms with van der Waals surface area (Å²) in [5.74, 6) is 0. The molecule has 0 aromatic carbocycles. The summed E-state index contributed by atoms with van der Waals surface area (Å²) in [5, 5.41) is 0. The third kappa shape index (κ3) is 387. The van der Waals surface area contributed by atoms with Crippen LogP contribution in [0.2, 0.25) is 0 Å². The molecule has 0 radical (unpaired) electrons. The van der Waals surface area contributed by atoms with E-state index in [1.807, 2.05) is 0 Å². The van der Waals surface area contributed by atoms with E-state index in [4.69, 9.17) is 26.6 Å². The van der Waals surface area contributed by atoms with Crippen molar-refractivity contribution in [3.8, 4) is 0 Å². The Balaban J connectivity index is -0.0000000300. The van der Waals surface area contributed by atoms with Crippen molar-refractivity contribution in [3.63, 3.8) is 0 Å². The second-order valence-electron chi connectivity index (χ2n) is 0.408. The fraction of sp³-hybridized carbons (Fsp3) is 0. The van der Waals surface area contributed by atoms with Crippen LogP contribution in [0, 0.1) is 0 Å². The van der Waals surface area contributed by atoms with Gasteiger partial charge in [-0.25, -0.2) is 0 Å². The third-order valence-corrected chi connectivity index (χ3v) is 0. The molecule has 0 saturated carbocycles. The Morgan fingerprint density at radius 3 is 0.800 bits per heavy atom. The van der Waals surface area contributed by atoms with Crippen LogP contribution in [0.25, 0.3) is 0 Å². The molecule has 0 aliphatic heterocycles. The molecule has 10 heavy (non-hydrogen) atoms. The number of hydrogen-bond donors (Lipinski definition) is 0. The Morgan fingerprint density at radius 2 is 0.800 bits per heavy atom. The summed E-state index contributed by atoms with van der Waals surface area (Å²) in [7, 11) is 0. The topological polar surface area (TPSA) is 126 Å². The van der Waals surface area contributed by atoms with Crippen LogP contribution in [0.3, 0.4) is 0 Å². The summed E-state index contributed by atoms with van der Waals surface area (Å²) in [6.45, 7) is 0. The molecule has 0 saturated heterocycles. The Labute approximate surface area is 85.6 Å². The molecule has 0 N–H and O–H groups in total. The van der Waals surface area contributed by atoms with E-state index in [0.29, 0.717) is 0 Å². The fourth-order valence-electron chi connectivity index (χ4n) is 0. The molecule has 0 aliphatic carbocycles. The molecular weight excluding hydrogens is 281 g/mol. The van der Waals surface area contributed by atoms with Crippen LogP contribution >= 0.6 is 0 Å². The van der Waals surface area contributed by atoms with Crippen molar-refractivity contribution < 1.29 is 63.2 Å². The van der Waals surface area contributed by atoms with Gasteiger partial charge in [-0.2, -0.15) is 0 Å². The predicted octanol–water partition coefficient (Wildman–Crippen LogP) is -2.01. The molecular formula is FeO6S2Zn. The molecule has 0 unspecified atom stereocenters. The van der Waals surface area contributed by atoms with E-state index >= 15 is 0 Å². The molecule has 0 heterocycles. The minimum Gasteiger partial charge on any atom is -0.784 e. The van der Waals surface area contributed by atoms with Crippen molar-refractivity contribution in [2.24, 2.45) is 0 Å². The van der Waals surface area contributed by atoms with Crippen molar-refractivity contribution in [1.29, 1.82) is 0 Å². The smallest absolute Gasteiger partial charge is 0.784 e. The summed E-state index contributed by atoms with van der Waals surface area (Å²) in [4.78, 5) is 0. The second-order valence-corrected chi connectivity index (χ2v) is 1.22. The van der Waals surface area contributed by atoms with E-state index in [2.05, 4.69) is 0 Å². The molecule has 0 amide bonds. The average Bonchev–Trinajstić information content (AvgIpc) is 1.25. The maximum atomic E-state index is 8.44. The van der Waals surface area contributed by atoms with Gasteiger partial charge in [0.05, 0.1) is 0 Å². The van der Waals surface area contributed by atoms with Crippen LogP contribution in [0.1, 0.15) is 0 Å². The summed E-state index contributed by atoms with van der Waals surface area (Å²) < 4.78 is 50.7. The average molecular weight is 281 g/mol. The van der Waals surface area contributed by atoms with Crippen molar-refractivity contribution in [2.75, 3.05) is 0 Å². The van der Waals surface area contributed by atoms with Crippen LogP contribution in [0.5, 0.6) is 0 Å². The maximum Gasteiger partial charge on any atom is 2.00 e. The standard InChI is InChI=1S/Fe.2H2O3S.Zn/c;2*1-4(2)3;/h;2*(H2,1,2,3);/q+2;;;+2/p-4. The molecule has 0 fully saturated rings. The fourth-order valence-corrected chi connectivity index (χ4v) is 0. The van der Waals surface area contributed by atoms with Gasteiger partial charge in [-0.3, -0.25) is 8.42 Å². The molecule has 6 nitrogen and oxygen atoms in total. The first-order valence-corrected chi connectivity index (χ1v) is 3.00. The zero-order valence-electron chi connectivity index (χ0n) is 4.33. The van der Waals surface area contributed by atoms with E-state index in [9.17, 15) is 0 Å². The third-order valence-electron chi connectivity index (χ3n) is 0. The van der Waals surface area contributed by atoms with Gasteiger partial charge >= 0.3 is 36.5 Å². The van der Waals surface area contributed by atoms with Crippen molar-refractivity contribution in [3.05, 3.63) is 0 Å². The van der Waals surface area contributed by atoms with Crippen LogP contribution in [-0.2, 0) is 59.3 Å². The molecule has 0 aromatic heterocycles. The largest absolute Gasteiger partial charge is 2.00 e. The van der Waals surface area contributed by atoms with Gasteiger partial charge in [0.15, 0.2) is 0 Å². The first kappa shape index (κ1) is 22.5. The van der Waals surface area contributed by atoms with Crippen molar-refractivity contribution in [1.82, 2.24) is 0 Å². The van der Waals surface area contributed by atoms with E-state index < -0.39 is 22.7 Å². The van der Waals surface area contributed by atoms with Gasteiger partial charge in [-0.1, -0.05) is 0 Å². The Hall–Kier alpha value is 1.28. The summed E-state index contributed by atoms with van der Waals surface area (Å²) in [5.41, 5.74) is 0. The maximum absolute atomic E-state index is 8.44. The molecule has 0 rings (SSSR count). The van der Waals surface area contributed by atoms with Crippen LogP contribution < -0.4 is 0 Å². The van der Waals surface area contributed by atoms with E-state index in [1.54, 1.807) is 0 Å². The Kier molecular flexibility index (Phi) is 37.6. The van der Waals surface area contributed by atoms with Gasteiger partial charge in [0.1, 0.15) is 0 Å². The van der Waals surface area contributed by atoms with Crippen molar-refractivity contribution in [2.45, 2.75) is 0 Å². The molecule has 0 spiro atoms. The van der Waals surface area contributed by atoms with Gasteiger partial charge in [-0.05, 0) is 0 Å². The van der Waals surface area contributed by atoms with Gasteiger partial charge in [0.25, 0.3) is 0 Å². The van der Waals surface area contributed by atoms with Crippen LogP contribution in [0.4, 0.5) is 0 Å². The Morgan fingerprint density at radius 1 is 0.800 bits per heavy atom. The first-order chi connectivity index (χ1) is 3.46. The zero-order valence-corrected chi connectivity index (χ0v) is 10.0. The summed E-state index contributed by atoms with van der Waals surface area (Å²) >= 11 is -6.22. The summed E-state index contributed by atoms with van der Waals surface area (Å²) in [6.07, 6.45) is 0. The molecule has 0 atom stereocenters. The molecule has 0 aromatic rings. The van der Waals surface area contributed by atoms with E-state index in [0.717, 1.165) is 0 Å². The normalized spacial score (nSPS) is 7.00. The first-order valence-electron chi connectivity index (χ1n) is 1.00. The number of rotatable bonds is 0. The monoisotopic (exact) mass is 280 g/mol. The molecule has 0 bridgehead atoms. The van der Waals surface area contributed by atoms with E-state index in [-0.39, 0.29) is 36.5 Å². The summed E-state index contributed by atoms with van der Waals surface area (Å²) in [6, 6.07) is 0. The van der Waals surface area contributed by atoms with Gasteiger partial charge in [0.2, 0.25) is 0 Å². The van der Waals surface area contributed by atoms with Crippen LogP contribution in [0.15, 0.2) is 0 Å². The van der Waals surface area contributed by atoms with Gasteiger partial charge in [-0.15, -0.1) is 22.7 Å². The minimum absolute atomic E-state index is 0. The quantitative estimate of drug-likeness (QED) is 0.373. The van der Waals surface area contributed by atoms with Crippen molar-refractivity contribution >= 4 is 22.7 Å². The molecule has 58 valence electrons. The second kappa shape index (κ2) is 16.7. The van der Waals surface area contributed by atoms with E-state index in [1.165, 1.54) is 0 Å². The predicted molar refractivity (Wildman–Crippen MR) is 19.4 cm³/mol. The van der Waals surface area contributed by atoms with Gasteiger partial charge in [0, 0.05) is 0 Å². The minimum atomic E-state index is -3.11.